The number of nitrogens with zero attached hydrogens (tertiary/aromatic N) is 4. The molecule has 2 heterocycles. The summed E-state index contributed by atoms with van der Waals surface area (Å²) in [7, 11) is 0. The van der Waals surface area contributed by atoms with Gasteiger partial charge in [0, 0.05) is 29.2 Å². The van der Waals surface area contributed by atoms with E-state index < -0.39 is 6.04 Å². The van der Waals surface area contributed by atoms with Crippen molar-refractivity contribution in [2.75, 3.05) is 13.1 Å². The molecule has 2 amide bonds. The summed E-state index contributed by atoms with van der Waals surface area (Å²) in [5.41, 5.74) is 2.37. The number of benzene rings is 2. The van der Waals surface area contributed by atoms with Gasteiger partial charge in [-0.2, -0.15) is 5.21 Å². The van der Waals surface area contributed by atoms with Crippen molar-refractivity contribution < 1.29 is 9.59 Å². The van der Waals surface area contributed by atoms with Crippen LogP contribution in [-0.2, 0) is 4.79 Å². The van der Waals surface area contributed by atoms with Crippen molar-refractivity contribution >= 4 is 23.4 Å². The van der Waals surface area contributed by atoms with Gasteiger partial charge in [-0.15, -0.1) is 10.2 Å². The third-order valence-corrected chi connectivity index (χ3v) is 6.35. The Morgan fingerprint density at radius 3 is 2.48 bits per heavy atom. The van der Waals surface area contributed by atoms with Crippen LogP contribution in [0.1, 0.15) is 48.5 Å². The van der Waals surface area contributed by atoms with Gasteiger partial charge in [0.25, 0.3) is 5.91 Å². The van der Waals surface area contributed by atoms with Crippen molar-refractivity contribution in [1.29, 1.82) is 0 Å². The van der Waals surface area contributed by atoms with Gasteiger partial charge in [-0.25, -0.2) is 0 Å². The highest BCUT2D eigenvalue weighted by Gasteiger charge is 2.31. The van der Waals surface area contributed by atoms with Crippen LogP contribution in [0, 0.1) is 5.92 Å². The molecule has 2 aromatic carbocycles. The van der Waals surface area contributed by atoms with Crippen LogP contribution in [0.25, 0.3) is 11.4 Å². The van der Waals surface area contributed by atoms with Crippen molar-refractivity contribution in [3.05, 3.63) is 64.7 Å². The Kier molecular flexibility index (Phi) is 7.03. The minimum absolute atomic E-state index is 0.0396. The molecule has 9 heteroatoms. The molecule has 4 rings (SSSR count). The molecule has 0 saturated carbocycles. The van der Waals surface area contributed by atoms with Gasteiger partial charge in [0.1, 0.15) is 6.04 Å². The van der Waals surface area contributed by atoms with E-state index in [-0.39, 0.29) is 17.7 Å². The van der Waals surface area contributed by atoms with Crippen molar-refractivity contribution in [1.82, 2.24) is 30.8 Å². The third-order valence-electron chi connectivity index (χ3n) is 6.10. The highest BCUT2D eigenvalue weighted by molar-refractivity contribution is 6.30. The molecule has 0 radical (unpaired) electrons. The Morgan fingerprint density at radius 1 is 1.12 bits per heavy atom. The molecule has 0 spiro atoms. The molecule has 33 heavy (non-hydrogen) atoms. The molecule has 1 aromatic heterocycles. The quantitative estimate of drug-likeness (QED) is 0.576. The summed E-state index contributed by atoms with van der Waals surface area (Å²) in [6.45, 7) is 5.22. The molecule has 0 unspecified atom stereocenters. The molecule has 1 atom stereocenters. The van der Waals surface area contributed by atoms with E-state index in [0.717, 1.165) is 17.9 Å². The number of piperidine rings is 1. The maximum Gasteiger partial charge on any atom is 0.251 e. The lowest BCUT2D eigenvalue weighted by atomic mass is 9.89. The van der Waals surface area contributed by atoms with Gasteiger partial charge in [0.2, 0.25) is 11.7 Å². The maximum absolute atomic E-state index is 13.3. The number of tetrazole rings is 1. The first-order chi connectivity index (χ1) is 15.9. The minimum Gasteiger partial charge on any atom is -0.341 e. The average Bonchev–Trinajstić information content (AvgIpc) is 3.38. The van der Waals surface area contributed by atoms with Crippen LogP contribution in [0.15, 0.2) is 48.5 Å². The van der Waals surface area contributed by atoms with E-state index in [4.69, 9.17) is 11.6 Å². The van der Waals surface area contributed by atoms with Crippen molar-refractivity contribution in [3.63, 3.8) is 0 Å². The Hall–Kier alpha value is -3.26. The minimum atomic E-state index is -0.599. The lowest BCUT2D eigenvalue weighted by Gasteiger charge is -2.35. The van der Waals surface area contributed by atoms with Crippen LogP contribution in [0.4, 0.5) is 0 Å². The van der Waals surface area contributed by atoms with E-state index in [2.05, 4.69) is 38.1 Å². The number of H-pyrrole nitrogens is 1. The van der Waals surface area contributed by atoms with E-state index in [9.17, 15) is 9.59 Å². The Morgan fingerprint density at radius 2 is 1.85 bits per heavy atom. The number of nitrogens with one attached hydrogen (secondary N) is 2. The summed E-state index contributed by atoms with van der Waals surface area (Å²) < 4.78 is 0. The average molecular weight is 467 g/mol. The Bertz CT molecular complexity index is 1090. The SMILES string of the molecule is CC(C)[C@@H](NC(=O)c1cccc(-c2nn[nH]n2)c1)C(=O)N1CCC(c2ccc(Cl)cc2)CC1. The molecular weight excluding hydrogens is 440 g/mol. The maximum atomic E-state index is 13.3. The van der Waals surface area contributed by atoms with E-state index in [1.54, 1.807) is 24.3 Å². The predicted molar refractivity (Wildman–Crippen MR) is 126 cm³/mol. The van der Waals surface area contributed by atoms with Gasteiger partial charge >= 0.3 is 0 Å². The standard InChI is InChI=1S/C24H27ClN6O2/c1-15(2)21(26-23(32)19-5-3-4-18(14-19)22-27-29-30-28-22)24(33)31-12-10-17(11-13-31)16-6-8-20(25)9-7-16/h3-9,14-15,17,21H,10-13H2,1-2H3,(H,26,32)(H,27,28,29,30)/t21-/m1/s1. The van der Waals surface area contributed by atoms with Gasteiger partial charge in [0.15, 0.2) is 0 Å². The van der Waals surface area contributed by atoms with Gasteiger partial charge in [-0.1, -0.05) is 49.7 Å². The predicted octanol–water partition coefficient (Wildman–Crippen LogP) is 3.68. The summed E-state index contributed by atoms with van der Waals surface area (Å²) in [6, 6.07) is 14.3. The van der Waals surface area contributed by atoms with E-state index in [1.807, 2.05) is 30.9 Å². The van der Waals surface area contributed by atoms with E-state index in [1.165, 1.54) is 5.56 Å². The topological polar surface area (TPSA) is 104 Å². The Labute approximate surface area is 197 Å². The monoisotopic (exact) mass is 466 g/mol. The largest absolute Gasteiger partial charge is 0.341 e. The lowest BCUT2D eigenvalue weighted by Crippen LogP contribution is -2.52. The van der Waals surface area contributed by atoms with Crippen molar-refractivity contribution in [2.24, 2.45) is 5.92 Å². The molecule has 1 saturated heterocycles. The Balaban J connectivity index is 1.40. The molecule has 1 aliphatic rings. The number of halogens is 1. The molecule has 1 aliphatic heterocycles. The number of likely N-dealkylation sites (tertiary alicyclic amines) is 1. The van der Waals surface area contributed by atoms with Crippen molar-refractivity contribution in [3.8, 4) is 11.4 Å². The van der Waals surface area contributed by atoms with Crippen LogP contribution in [-0.4, -0.2) is 56.5 Å². The second kappa shape index (κ2) is 10.1. The summed E-state index contributed by atoms with van der Waals surface area (Å²) in [4.78, 5) is 28.2. The highest BCUT2D eigenvalue weighted by Crippen LogP contribution is 2.29. The number of amides is 2. The van der Waals surface area contributed by atoms with Crippen LogP contribution in [0.3, 0.4) is 0 Å². The molecule has 172 valence electrons. The van der Waals surface area contributed by atoms with Crippen LogP contribution in [0.5, 0.6) is 0 Å². The first-order valence-corrected chi connectivity index (χ1v) is 11.5. The summed E-state index contributed by atoms with van der Waals surface area (Å²) in [5, 5.41) is 17.5. The summed E-state index contributed by atoms with van der Waals surface area (Å²) in [6.07, 6.45) is 1.78. The lowest BCUT2D eigenvalue weighted by molar-refractivity contribution is -0.135. The molecule has 1 fully saturated rings. The van der Waals surface area contributed by atoms with Gasteiger partial charge in [-0.05, 0) is 59.7 Å². The number of aromatic nitrogens is 4. The van der Waals surface area contributed by atoms with E-state index in [0.29, 0.717) is 36.0 Å². The van der Waals surface area contributed by atoms with Gasteiger partial charge < -0.3 is 10.2 Å². The zero-order valence-electron chi connectivity index (χ0n) is 18.7. The molecule has 3 aromatic rings. The number of hydrogen-bond acceptors (Lipinski definition) is 5. The molecule has 8 nitrogen and oxygen atoms in total. The molecular formula is C24H27ClN6O2. The zero-order chi connectivity index (χ0) is 23.4. The third kappa shape index (κ3) is 5.39. The number of carbonyl (C=O) groups excluding carboxylic acids is 2. The summed E-state index contributed by atoms with van der Waals surface area (Å²) in [5.74, 6) is 0.428. The van der Waals surface area contributed by atoms with E-state index >= 15 is 0 Å². The number of hydrogen-bond donors (Lipinski definition) is 2. The van der Waals surface area contributed by atoms with Crippen LogP contribution < -0.4 is 5.32 Å². The number of aromatic amines is 1. The smallest absolute Gasteiger partial charge is 0.251 e. The second-order valence-electron chi connectivity index (χ2n) is 8.66. The first-order valence-electron chi connectivity index (χ1n) is 11.1. The fraction of sp³-hybridized carbons (Fsp3) is 0.375. The van der Waals surface area contributed by atoms with Crippen molar-refractivity contribution in [2.45, 2.75) is 38.6 Å². The normalized spacial score (nSPS) is 15.5. The molecule has 0 bridgehead atoms. The van der Waals surface area contributed by atoms with Crippen LogP contribution in [0.2, 0.25) is 5.02 Å². The fourth-order valence-electron chi connectivity index (χ4n) is 4.19. The fourth-order valence-corrected chi connectivity index (χ4v) is 4.31. The van der Waals surface area contributed by atoms with Gasteiger partial charge in [-0.3, -0.25) is 9.59 Å². The molecule has 0 aliphatic carbocycles. The highest BCUT2D eigenvalue weighted by atomic mass is 35.5. The second-order valence-corrected chi connectivity index (χ2v) is 9.10. The summed E-state index contributed by atoms with van der Waals surface area (Å²) >= 11 is 6.00. The van der Waals surface area contributed by atoms with Crippen LogP contribution >= 0.6 is 11.6 Å². The number of carbonyl (C=O) groups is 2. The molecule has 2 N–H and O–H groups in total. The first kappa shape index (κ1) is 22.9. The number of rotatable bonds is 6. The van der Waals surface area contributed by atoms with Gasteiger partial charge in [0.05, 0.1) is 0 Å². The zero-order valence-corrected chi connectivity index (χ0v) is 19.4.